The normalized spacial score (nSPS) is 17.2. The van der Waals surface area contributed by atoms with Crippen LogP contribution >= 0.6 is 0 Å². The maximum atomic E-state index is 12.4. The molecule has 0 saturated heterocycles. The van der Waals surface area contributed by atoms with E-state index >= 15 is 0 Å². The van der Waals surface area contributed by atoms with E-state index in [2.05, 4.69) is 10.3 Å². The highest BCUT2D eigenvalue weighted by molar-refractivity contribution is 6.04. The summed E-state index contributed by atoms with van der Waals surface area (Å²) < 4.78 is 5.93. The van der Waals surface area contributed by atoms with Crippen LogP contribution < -0.4 is 5.32 Å². The molecule has 3 rings (SSSR count). The average molecular weight is 344 g/mol. The van der Waals surface area contributed by atoms with E-state index in [1.807, 2.05) is 0 Å². The maximum Gasteiger partial charge on any atom is 0.337 e. The molecule has 6 heteroatoms. The molecule has 0 spiro atoms. The van der Waals surface area contributed by atoms with Crippen molar-refractivity contribution in [3.8, 4) is 0 Å². The number of ether oxygens (including phenoxy) is 1. The molecule has 1 heterocycles. The van der Waals surface area contributed by atoms with Gasteiger partial charge in [-0.25, -0.2) is 4.79 Å². The van der Waals surface area contributed by atoms with Crippen LogP contribution in [0.4, 0.5) is 5.69 Å². The molecule has 1 saturated carbocycles. The number of aromatic nitrogens is 1. The van der Waals surface area contributed by atoms with Gasteiger partial charge in [0, 0.05) is 22.8 Å². The zero-order chi connectivity index (χ0) is 17.8. The average Bonchev–Trinajstić information content (AvgIpc) is 2.84. The number of rotatable bonds is 5. The minimum absolute atomic E-state index is 0.160. The first-order valence-electron chi connectivity index (χ1n) is 8.85. The number of carbonyl (C=O) groups is 2. The third-order valence-corrected chi connectivity index (χ3v) is 4.75. The number of fused-ring (bicyclic) bond motifs is 1. The van der Waals surface area contributed by atoms with Gasteiger partial charge in [0.1, 0.15) is 6.10 Å². The summed E-state index contributed by atoms with van der Waals surface area (Å²) in [7, 11) is 0. The van der Waals surface area contributed by atoms with Crippen LogP contribution in [0.5, 0.6) is 0 Å². The third kappa shape index (κ3) is 4.20. The van der Waals surface area contributed by atoms with Crippen molar-refractivity contribution in [3.05, 3.63) is 30.0 Å². The highest BCUT2D eigenvalue weighted by Gasteiger charge is 2.21. The number of aromatic carboxylic acids is 1. The molecule has 1 amide bonds. The van der Waals surface area contributed by atoms with Crippen LogP contribution in [0.2, 0.25) is 0 Å². The first-order valence-corrected chi connectivity index (χ1v) is 8.85. The predicted octanol–water partition coefficient (Wildman–Crippen LogP) is 3.93. The van der Waals surface area contributed by atoms with Gasteiger partial charge in [-0.3, -0.25) is 4.79 Å². The summed E-state index contributed by atoms with van der Waals surface area (Å²) in [6.07, 6.45) is 7.95. The molecule has 0 bridgehead atoms. The van der Waals surface area contributed by atoms with Crippen LogP contribution in [0.25, 0.3) is 10.9 Å². The molecule has 1 aromatic heterocycles. The van der Waals surface area contributed by atoms with Gasteiger partial charge in [-0.05, 0) is 38.0 Å². The summed E-state index contributed by atoms with van der Waals surface area (Å²) in [5.41, 5.74) is 1.51. The summed E-state index contributed by atoms with van der Waals surface area (Å²) in [5.74, 6) is -1.16. The van der Waals surface area contributed by atoms with Crippen LogP contribution in [0.3, 0.4) is 0 Å². The van der Waals surface area contributed by atoms with E-state index in [0.717, 1.165) is 25.7 Å². The van der Waals surface area contributed by atoms with Crippen molar-refractivity contribution in [2.75, 3.05) is 5.32 Å². The van der Waals surface area contributed by atoms with Crippen LogP contribution in [0.1, 0.15) is 55.8 Å². The Balaban J connectivity index is 1.63. The Hall–Kier alpha value is -2.34. The van der Waals surface area contributed by atoms with Crippen molar-refractivity contribution in [2.45, 2.75) is 57.7 Å². The summed E-state index contributed by atoms with van der Waals surface area (Å²) in [4.78, 5) is 26.4. The van der Waals surface area contributed by atoms with Gasteiger partial charge in [-0.1, -0.05) is 25.7 Å². The van der Waals surface area contributed by atoms with E-state index in [9.17, 15) is 9.59 Å². The fourth-order valence-electron chi connectivity index (χ4n) is 3.35. The largest absolute Gasteiger partial charge is 0.478 e. The number of amides is 1. The lowest BCUT2D eigenvalue weighted by Crippen LogP contribution is -2.31. The molecule has 0 aliphatic heterocycles. The highest BCUT2D eigenvalue weighted by Crippen LogP contribution is 2.23. The zero-order valence-electron chi connectivity index (χ0n) is 14.4. The van der Waals surface area contributed by atoms with Gasteiger partial charge >= 0.3 is 5.97 Å². The first kappa shape index (κ1) is 17.5. The number of nitrogens with one attached hydrogen (secondary N) is 2. The monoisotopic (exact) mass is 344 g/mol. The van der Waals surface area contributed by atoms with Crippen molar-refractivity contribution in [2.24, 2.45) is 0 Å². The summed E-state index contributed by atoms with van der Waals surface area (Å²) >= 11 is 0. The van der Waals surface area contributed by atoms with Crippen molar-refractivity contribution < 1.29 is 19.4 Å². The fraction of sp³-hybridized carbons (Fsp3) is 0.474. The first-order chi connectivity index (χ1) is 12.0. The molecule has 1 fully saturated rings. The van der Waals surface area contributed by atoms with Crippen molar-refractivity contribution in [1.82, 2.24) is 4.98 Å². The smallest absolute Gasteiger partial charge is 0.337 e. The molecule has 1 aromatic carbocycles. The van der Waals surface area contributed by atoms with E-state index in [1.165, 1.54) is 19.0 Å². The number of carboxylic acids is 1. The van der Waals surface area contributed by atoms with E-state index in [4.69, 9.17) is 9.84 Å². The van der Waals surface area contributed by atoms with Gasteiger partial charge in [-0.15, -0.1) is 0 Å². The molecule has 2 aromatic rings. The van der Waals surface area contributed by atoms with Gasteiger partial charge in [-0.2, -0.15) is 0 Å². The number of aromatic amines is 1. The van der Waals surface area contributed by atoms with Gasteiger partial charge in [0.25, 0.3) is 5.91 Å². The Morgan fingerprint density at radius 3 is 2.64 bits per heavy atom. The second-order valence-electron chi connectivity index (χ2n) is 6.65. The molecular formula is C19H24N2O4. The SMILES string of the molecule is CC(OC1CCCCCC1)C(=O)Nc1ccc2c(C(=O)O)c[nH]c2c1. The van der Waals surface area contributed by atoms with Crippen molar-refractivity contribution in [1.29, 1.82) is 0 Å². The van der Waals surface area contributed by atoms with Gasteiger partial charge in [0.05, 0.1) is 11.7 Å². The molecule has 1 unspecified atom stereocenters. The predicted molar refractivity (Wildman–Crippen MR) is 95.9 cm³/mol. The molecule has 0 radical (unpaired) electrons. The van der Waals surface area contributed by atoms with Crippen LogP contribution in [-0.4, -0.2) is 34.2 Å². The number of benzene rings is 1. The Morgan fingerprint density at radius 1 is 1.24 bits per heavy atom. The second-order valence-corrected chi connectivity index (χ2v) is 6.65. The molecule has 1 aliphatic rings. The molecule has 25 heavy (non-hydrogen) atoms. The number of hydrogen-bond acceptors (Lipinski definition) is 3. The zero-order valence-corrected chi connectivity index (χ0v) is 14.4. The lowest BCUT2D eigenvalue weighted by Gasteiger charge is -2.20. The molecule has 134 valence electrons. The van der Waals surface area contributed by atoms with Crippen LogP contribution in [0.15, 0.2) is 24.4 Å². The Labute approximate surface area is 146 Å². The van der Waals surface area contributed by atoms with E-state index in [-0.39, 0.29) is 17.6 Å². The third-order valence-electron chi connectivity index (χ3n) is 4.75. The number of H-pyrrole nitrogens is 1. The molecule has 1 aliphatic carbocycles. The lowest BCUT2D eigenvalue weighted by atomic mass is 10.1. The number of anilines is 1. The van der Waals surface area contributed by atoms with E-state index in [0.29, 0.717) is 16.6 Å². The summed E-state index contributed by atoms with van der Waals surface area (Å²) in [5, 5.41) is 12.6. The fourth-order valence-corrected chi connectivity index (χ4v) is 3.35. The minimum atomic E-state index is -0.978. The molecular weight excluding hydrogens is 320 g/mol. The van der Waals surface area contributed by atoms with Crippen LogP contribution in [-0.2, 0) is 9.53 Å². The number of carboxylic acid groups (broad SMARTS) is 1. The quantitative estimate of drug-likeness (QED) is 0.717. The molecule has 1 atom stereocenters. The Morgan fingerprint density at radius 2 is 1.96 bits per heavy atom. The highest BCUT2D eigenvalue weighted by atomic mass is 16.5. The molecule has 6 nitrogen and oxygen atoms in total. The number of carbonyl (C=O) groups excluding carboxylic acids is 1. The topological polar surface area (TPSA) is 91.4 Å². The lowest BCUT2D eigenvalue weighted by molar-refractivity contribution is -0.130. The van der Waals surface area contributed by atoms with E-state index < -0.39 is 12.1 Å². The second kappa shape index (κ2) is 7.70. The maximum absolute atomic E-state index is 12.4. The minimum Gasteiger partial charge on any atom is -0.478 e. The van der Waals surface area contributed by atoms with Gasteiger partial charge < -0.3 is 20.1 Å². The van der Waals surface area contributed by atoms with Crippen LogP contribution in [0, 0.1) is 0 Å². The molecule has 3 N–H and O–H groups in total. The van der Waals surface area contributed by atoms with Crippen molar-refractivity contribution >= 4 is 28.5 Å². The van der Waals surface area contributed by atoms with Gasteiger partial charge in [0.2, 0.25) is 0 Å². The summed E-state index contributed by atoms with van der Waals surface area (Å²) in [6.45, 7) is 1.77. The summed E-state index contributed by atoms with van der Waals surface area (Å²) in [6, 6.07) is 5.14. The number of hydrogen-bond donors (Lipinski definition) is 3. The standard InChI is InChI=1S/C19H24N2O4/c1-12(25-14-6-4-2-3-5-7-14)18(22)21-13-8-9-15-16(19(23)24)11-20-17(15)10-13/h8-12,14,20H,2-7H2,1H3,(H,21,22)(H,23,24). The van der Waals surface area contributed by atoms with Crippen molar-refractivity contribution in [3.63, 3.8) is 0 Å². The van der Waals surface area contributed by atoms with E-state index in [1.54, 1.807) is 25.1 Å². The van der Waals surface area contributed by atoms with Gasteiger partial charge in [0.15, 0.2) is 0 Å². The Bertz CT molecular complexity index is 760. The Kier molecular flexibility index (Phi) is 5.38.